The molecule has 0 N–H and O–H groups in total. The number of nitrogens with zero attached hydrogens (tertiary/aromatic N) is 2. The monoisotopic (exact) mass is 234 g/mol. The Hall–Kier alpha value is -2.17. The number of carbonyl (C=O) groups is 1. The van der Waals surface area contributed by atoms with Gasteiger partial charge in [0.15, 0.2) is 12.1 Å². The first-order valence-electron chi connectivity index (χ1n) is 4.86. The number of hydrogen-bond acceptors (Lipinski definition) is 3. The highest BCUT2D eigenvalue weighted by atomic mass is 19.1. The zero-order chi connectivity index (χ0) is 12.3. The Labute approximate surface area is 96.2 Å². The molecule has 0 saturated carbocycles. The van der Waals surface area contributed by atoms with Crippen LogP contribution < -0.4 is 0 Å². The standard InChI is InChI=1S/C12H8F2N2O/c13-4-10-2-1-8(5-15-10)12-3-9(7-17)11(14)6-16-12/h1-3,5-7H,4H2. The van der Waals surface area contributed by atoms with E-state index in [1.54, 1.807) is 6.07 Å². The van der Waals surface area contributed by atoms with E-state index >= 15 is 0 Å². The number of hydrogen-bond donors (Lipinski definition) is 0. The van der Waals surface area contributed by atoms with Crippen LogP contribution in [0.15, 0.2) is 30.6 Å². The summed E-state index contributed by atoms with van der Waals surface area (Å²) in [6.45, 7) is -0.642. The Morgan fingerprint density at radius 3 is 2.65 bits per heavy atom. The number of rotatable bonds is 3. The van der Waals surface area contributed by atoms with Crippen LogP contribution in [0, 0.1) is 5.82 Å². The highest BCUT2D eigenvalue weighted by Gasteiger charge is 2.06. The first-order chi connectivity index (χ1) is 8.24. The number of pyridine rings is 2. The number of aromatic nitrogens is 2. The van der Waals surface area contributed by atoms with E-state index in [2.05, 4.69) is 9.97 Å². The predicted octanol–water partition coefficient (Wildman–Crippen LogP) is 2.56. The average Bonchev–Trinajstić information content (AvgIpc) is 2.39. The molecule has 0 saturated heterocycles. The van der Waals surface area contributed by atoms with Gasteiger partial charge in [-0.05, 0) is 18.2 Å². The summed E-state index contributed by atoms with van der Waals surface area (Å²) in [5, 5.41) is 0. The van der Waals surface area contributed by atoms with Crippen molar-refractivity contribution in [2.45, 2.75) is 6.67 Å². The molecule has 2 heterocycles. The summed E-state index contributed by atoms with van der Waals surface area (Å²) in [5.41, 5.74) is 1.27. The summed E-state index contributed by atoms with van der Waals surface area (Å²) in [5.74, 6) is -0.669. The zero-order valence-corrected chi connectivity index (χ0v) is 8.73. The molecule has 0 radical (unpaired) electrons. The topological polar surface area (TPSA) is 42.9 Å². The van der Waals surface area contributed by atoms with Crippen molar-refractivity contribution in [2.24, 2.45) is 0 Å². The predicted molar refractivity (Wildman–Crippen MR) is 57.6 cm³/mol. The van der Waals surface area contributed by atoms with Crippen LogP contribution in [0.3, 0.4) is 0 Å². The van der Waals surface area contributed by atoms with Gasteiger partial charge in [-0.1, -0.05) is 0 Å². The van der Waals surface area contributed by atoms with E-state index in [4.69, 9.17) is 0 Å². The highest BCUT2D eigenvalue weighted by Crippen LogP contribution is 2.18. The van der Waals surface area contributed by atoms with Gasteiger partial charge in [0.05, 0.1) is 23.1 Å². The van der Waals surface area contributed by atoms with E-state index in [-0.39, 0.29) is 5.56 Å². The zero-order valence-electron chi connectivity index (χ0n) is 8.73. The van der Waals surface area contributed by atoms with Crippen LogP contribution in [0.25, 0.3) is 11.3 Å². The number of alkyl halides is 1. The molecule has 3 nitrogen and oxygen atoms in total. The minimum atomic E-state index is -0.669. The molecular weight excluding hydrogens is 226 g/mol. The lowest BCUT2D eigenvalue weighted by Crippen LogP contribution is -1.93. The molecule has 86 valence electrons. The second-order valence-electron chi connectivity index (χ2n) is 3.38. The Balaban J connectivity index is 2.41. The van der Waals surface area contributed by atoms with Crippen molar-refractivity contribution in [1.29, 1.82) is 0 Å². The quantitative estimate of drug-likeness (QED) is 0.766. The summed E-state index contributed by atoms with van der Waals surface area (Å²) in [4.78, 5) is 18.3. The third-order valence-electron chi connectivity index (χ3n) is 2.27. The van der Waals surface area contributed by atoms with E-state index in [0.717, 1.165) is 6.20 Å². The Kier molecular flexibility index (Phi) is 3.18. The Bertz CT molecular complexity index is 541. The van der Waals surface area contributed by atoms with Crippen LogP contribution in [-0.2, 0) is 6.67 Å². The van der Waals surface area contributed by atoms with Crippen molar-refractivity contribution in [1.82, 2.24) is 9.97 Å². The lowest BCUT2D eigenvalue weighted by molar-refractivity contribution is 0.111. The fourth-order valence-electron chi connectivity index (χ4n) is 1.36. The molecule has 0 atom stereocenters. The number of halogens is 2. The lowest BCUT2D eigenvalue weighted by atomic mass is 10.1. The maximum Gasteiger partial charge on any atom is 0.153 e. The van der Waals surface area contributed by atoms with Gasteiger partial charge in [-0.3, -0.25) is 14.8 Å². The largest absolute Gasteiger partial charge is 0.298 e. The molecule has 0 bridgehead atoms. The summed E-state index contributed by atoms with van der Waals surface area (Å²) in [6.07, 6.45) is 2.83. The molecule has 0 aliphatic heterocycles. The second kappa shape index (κ2) is 4.78. The number of carbonyl (C=O) groups excluding carboxylic acids is 1. The lowest BCUT2D eigenvalue weighted by Gasteiger charge is -2.02. The Morgan fingerprint density at radius 2 is 2.06 bits per heavy atom. The van der Waals surface area contributed by atoms with Gasteiger partial charge < -0.3 is 0 Å². The molecule has 17 heavy (non-hydrogen) atoms. The van der Waals surface area contributed by atoms with Crippen LogP contribution in [0.1, 0.15) is 16.1 Å². The minimum Gasteiger partial charge on any atom is -0.298 e. The average molecular weight is 234 g/mol. The van der Waals surface area contributed by atoms with Crippen LogP contribution in [0.2, 0.25) is 0 Å². The van der Waals surface area contributed by atoms with Gasteiger partial charge in [-0.25, -0.2) is 8.78 Å². The van der Waals surface area contributed by atoms with Gasteiger partial charge in [0.2, 0.25) is 0 Å². The van der Waals surface area contributed by atoms with E-state index in [9.17, 15) is 13.6 Å². The molecule has 0 aromatic carbocycles. The van der Waals surface area contributed by atoms with E-state index in [0.29, 0.717) is 23.2 Å². The van der Waals surface area contributed by atoms with Crippen LogP contribution in [0.5, 0.6) is 0 Å². The summed E-state index contributed by atoms with van der Waals surface area (Å²) < 4.78 is 25.3. The first kappa shape index (κ1) is 11.3. The van der Waals surface area contributed by atoms with Gasteiger partial charge in [0.1, 0.15) is 6.67 Å². The van der Waals surface area contributed by atoms with Crippen molar-refractivity contribution in [3.05, 3.63) is 47.7 Å². The molecule has 0 fully saturated rings. The molecule has 0 unspecified atom stereocenters. The van der Waals surface area contributed by atoms with Crippen LogP contribution in [0.4, 0.5) is 8.78 Å². The van der Waals surface area contributed by atoms with Gasteiger partial charge in [-0.2, -0.15) is 0 Å². The molecule has 0 aliphatic rings. The third-order valence-corrected chi connectivity index (χ3v) is 2.27. The van der Waals surface area contributed by atoms with E-state index in [1.165, 1.54) is 18.3 Å². The number of aldehydes is 1. The third kappa shape index (κ3) is 2.33. The van der Waals surface area contributed by atoms with Gasteiger partial charge >= 0.3 is 0 Å². The van der Waals surface area contributed by atoms with Crippen molar-refractivity contribution < 1.29 is 13.6 Å². The van der Waals surface area contributed by atoms with E-state index in [1.807, 2.05) is 0 Å². The van der Waals surface area contributed by atoms with Gasteiger partial charge in [0.25, 0.3) is 0 Å². The SMILES string of the molecule is O=Cc1cc(-c2ccc(CF)nc2)ncc1F. The second-order valence-corrected chi connectivity index (χ2v) is 3.38. The van der Waals surface area contributed by atoms with Crippen LogP contribution in [-0.4, -0.2) is 16.3 Å². The highest BCUT2D eigenvalue weighted by molar-refractivity contribution is 5.77. The van der Waals surface area contributed by atoms with Gasteiger partial charge in [-0.15, -0.1) is 0 Å². The normalized spacial score (nSPS) is 10.2. The fourth-order valence-corrected chi connectivity index (χ4v) is 1.36. The molecule has 5 heteroatoms. The molecule has 0 spiro atoms. The van der Waals surface area contributed by atoms with Crippen LogP contribution >= 0.6 is 0 Å². The molecule has 0 amide bonds. The maximum atomic E-state index is 13.0. The summed E-state index contributed by atoms with van der Waals surface area (Å²) in [7, 11) is 0. The van der Waals surface area contributed by atoms with Crippen molar-refractivity contribution in [3.63, 3.8) is 0 Å². The van der Waals surface area contributed by atoms with Crippen molar-refractivity contribution in [2.75, 3.05) is 0 Å². The minimum absolute atomic E-state index is 0.0652. The van der Waals surface area contributed by atoms with Crippen molar-refractivity contribution >= 4 is 6.29 Å². The molecule has 2 aromatic heterocycles. The molecule has 0 aliphatic carbocycles. The van der Waals surface area contributed by atoms with E-state index < -0.39 is 12.5 Å². The fraction of sp³-hybridized carbons (Fsp3) is 0.0833. The molecular formula is C12H8F2N2O. The first-order valence-corrected chi connectivity index (χ1v) is 4.86. The molecule has 2 rings (SSSR count). The summed E-state index contributed by atoms with van der Waals surface area (Å²) in [6, 6.07) is 4.46. The Morgan fingerprint density at radius 1 is 1.24 bits per heavy atom. The summed E-state index contributed by atoms with van der Waals surface area (Å²) >= 11 is 0. The smallest absolute Gasteiger partial charge is 0.153 e. The van der Waals surface area contributed by atoms with Gasteiger partial charge in [0, 0.05) is 11.8 Å². The maximum absolute atomic E-state index is 13.0. The van der Waals surface area contributed by atoms with Crippen molar-refractivity contribution in [3.8, 4) is 11.3 Å². The molecule has 2 aromatic rings.